The fourth-order valence-corrected chi connectivity index (χ4v) is 5.29. The minimum Gasteiger partial charge on any atom is -0.494 e. The molecule has 0 saturated carbocycles. The summed E-state index contributed by atoms with van der Waals surface area (Å²) in [5.74, 6) is 2.35. The lowest BCUT2D eigenvalue weighted by atomic mass is 9.97. The van der Waals surface area contributed by atoms with Crippen molar-refractivity contribution in [1.82, 2.24) is 9.80 Å². The first kappa shape index (κ1) is 25.6. The first-order valence-electron chi connectivity index (χ1n) is 13.5. The number of anilines is 1. The van der Waals surface area contributed by atoms with Crippen molar-refractivity contribution in [2.75, 3.05) is 57.3 Å². The monoisotopic (exact) mass is 477 g/mol. The van der Waals surface area contributed by atoms with Crippen molar-refractivity contribution in [3.8, 4) is 5.75 Å². The third-order valence-corrected chi connectivity index (χ3v) is 7.56. The molecule has 35 heavy (non-hydrogen) atoms. The maximum absolute atomic E-state index is 13.2. The minimum absolute atomic E-state index is 0.160. The van der Waals surface area contributed by atoms with Gasteiger partial charge in [0.15, 0.2) is 0 Å². The molecule has 2 aliphatic heterocycles. The van der Waals surface area contributed by atoms with Crippen molar-refractivity contribution in [3.05, 3.63) is 59.2 Å². The van der Waals surface area contributed by atoms with Gasteiger partial charge in [-0.2, -0.15) is 0 Å². The molecule has 1 atom stereocenters. The standard InChI is InChI=1S/C30H43N3O2/c1-23(2)26-9-8-25(4)29(21-26)30(34)33-18-16-32(17-19-33)27-10-12-28(13-11-27)35-20-6-15-31-14-5-7-24(3)22-31/h8-13,21,23-24H,5-7,14-20,22H2,1-4H3. The third kappa shape index (κ3) is 6.78. The van der Waals surface area contributed by atoms with E-state index in [1.54, 1.807) is 0 Å². The zero-order valence-corrected chi connectivity index (χ0v) is 22.1. The van der Waals surface area contributed by atoms with Crippen LogP contribution in [0.15, 0.2) is 42.5 Å². The van der Waals surface area contributed by atoms with Crippen LogP contribution < -0.4 is 9.64 Å². The van der Waals surface area contributed by atoms with Crippen molar-refractivity contribution in [2.45, 2.75) is 52.9 Å². The second kappa shape index (κ2) is 11.9. The second-order valence-corrected chi connectivity index (χ2v) is 10.8. The summed E-state index contributed by atoms with van der Waals surface area (Å²) < 4.78 is 6.00. The molecule has 0 aliphatic carbocycles. The van der Waals surface area contributed by atoms with E-state index in [-0.39, 0.29) is 5.91 Å². The van der Waals surface area contributed by atoms with Crippen LogP contribution in [0, 0.1) is 12.8 Å². The molecule has 2 heterocycles. The van der Waals surface area contributed by atoms with Crippen LogP contribution in [0.3, 0.4) is 0 Å². The van der Waals surface area contributed by atoms with Crippen LogP contribution in [0.4, 0.5) is 5.69 Å². The topological polar surface area (TPSA) is 36.0 Å². The average molecular weight is 478 g/mol. The van der Waals surface area contributed by atoms with E-state index in [0.29, 0.717) is 5.92 Å². The predicted octanol–water partition coefficient (Wildman–Crippen LogP) is 5.58. The molecule has 2 aromatic carbocycles. The zero-order chi connectivity index (χ0) is 24.8. The van der Waals surface area contributed by atoms with Crippen LogP contribution in [-0.2, 0) is 0 Å². The van der Waals surface area contributed by atoms with Crippen LogP contribution >= 0.6 is 0 Å². The third-order valence-electron chi connectivity index (χ3n) is 7.56. The van der Waals surface area contributed by atoms with Crippen LogP contribution in [0.25, 0.3) is 0 Å². The Labute approximate surface area is 212 Å². The number of aryl methyl sites for hydroxylation is 1. The van der Waals surface area contributed by atoms with Gasteiger partial charge in [-0.25, -0.2) is 0 Å². The Kier molecular flexibility index (Phi) is 8.72. The summed E-state index contributed by atoms with van der Waals surface area (Å²) in [4.78, 5) is 20.2. The Morgan fingerprint density at radius 3 is 2.46 bits per heavy atom. The van der Waals surface area contributed by atoms with E-state index < -0.39 is 0 Å². The molecular weight excluding hydrogens is 434 g/mol. The average Bonchev–Trinajstić information content (AvgIpc) is 2.87. The first-order valence-corrected chi connectivity index (χ1v) is 13.5. The summed E-state index contributed by atoms with van der Waals surface area (Å²) in [6, 6.07) is 14.8. The maximum Gasteiger partial charge on any atom is 0.254 e. The minimum atomic E-state index is 0.160. The lowest BCUT2D eigenvalue weighted by Gasteiger charge is -2.36. The fraction of sp³-hybridized carbons (Fsp3) is 0.567. The number of hydrogen-bond donors (Lipinski definition) is 0. The molecule has 1 unspecified atom stereocenters. The molecule has 2 aromatic rings. The normalized spacial score (nSPS) is 19.3. The maximum atomic E-state index is 13.2. The first-order chi connectivity index (χ1) is 16.9. The van der Waals surface area contributed by atoms with E-state index >= 15 is 0 Å². The number of nitrogens with zero attached hydrogens (tertiary/aromatic N) is 3. The van der Waals surface area contributed by atoms with Crippen LogP contribution in [-0.4, -0.2) is 68.1 Å². The molecule has 5 heteroatoms. The molecule has 2 saturated heterocycles. The van der Waals surface area contributed by atoms with Gasteiger partial charge in [0.05, 0.1) is 6.61 Å². The van der Waals surface area contributed by atoms with Gasteiger partial charge in [0.1, 0.15) is 5.75 Å². The highest BCUT2D eigenvalue weighted by Crippen LogP contribution is 2.24. The molecule has 2 fully saturated rings. The lowest BCUT2D eigenvalue weighted by Crippen LogP contribution is -2.49. The van der Waals surface area contributed by atoms with E-state index in [1.165, 1.54) is 37.2 Å². The molecule has 4 rings (SSSR count). The number of piperazine rings is 1. The molecule has 0 aromatic heterocycles. The van der Waals surface area contributed by atoms with Gasteiger partial charge in [-0.15, -0.1) is 0 Å². The molecule has 2 aliphatic rings. The van der Waals surface area contributed by atoms with Gasteiger partial charge in [-0.3, -0.25) is 4.79 Å². The Morgan fingerprint density at radius 1 is 1.03 bits per heavy atom. The quantitative estimate of drug-likeness (QED) is 0.465. The predicted molar refractivity (Wildman–Crippen MR) is 145 cm³/mol. The number of amides is 1. The summed E-state index contributed by atoms with van der Waals surface area (Å²) in [5, 5.41) is 0. The number of hydrogen-bond acceptors (Lipinski definition) is 4. The number of benzene rings is 2. The zero-order valence-electron chi connectivity index (χ0n) is 22.1. The molecule has 0 radical (unpaired) electrons. The van der Waals surface area contributed by atoms with Gasteiger partial charge in [0.2, 0.25) is 0 Å². The molecule has 1 amide bonds. The van der Waals surface area contributed by atoms with E-state index in [0.717, 1.165) is 68.5 Å². The molecular formula is C30H43N3O2. The highest BCUT2D eigenvalue weighted by Gasteiger charge is 2.24. The summed E-state index contributed by atoms with van der Waals surface area (Å²) >= 11 is 0. The van der Waals surface area contributed by atoms with E-state index in [1.807, 2.05) is 11.8 Å². The largest absolute Gasteiger partial charge is 0.494 e. The van der Waals surface area contributed by atoms with Crippen molar-refractivity contribution in [2.24, 2.45) is 5.92 Å². The lowest BCUT2D eigenvalue weighted by molar-refractivity contribution is 0.0746. The van der Waals surface area contributed by atoms with Crippen molar-refractivity contribution < 1.29 is 9.53 Å². The highest BCUT2D eigenvalue weighted by molar-refractivity contribution is 5.96. The van der Waals surface area contributed by atoms with Crippen LogP contribution in [0.1, 0.15) is 67.4 Å². The summed E-state index contributed by atoms with van der Waals surface area (Å²) in [7, 11) is 0. The summed E-state index contributed by atoms with van der Waals surface area (Å²) in [6.07, 6.45) is 3.78. The molecule has 0 bridgehead atoms. The number of ether oxygens (including phenoxy) is 1. The van der Waals surface area contributed by atoms with Crippen LogP contribution in [0.5, 0.6) is 5.75 Å². The number of carbonyl (C=O) groups excluding carboxylic acids is 1. The Bertz CT molecular complexity index is 964. The van der Waals surface area contributed by atoms with Crippen molar-refractivity contribution in [1.29, 1.82) is 0 Å². The van der Waals surface area contributed by atoms with Gasteiger partial charge in [-0.05, 0) is 86.0 Å². The van der Waals surface area contributed by atoms with E-state index in [2.05, 4.69) is 73.0 Å². The van der Waals surface area contributed by atoms with Gasteiger partial charge in [0.25, 0.3) is 5.91 Å². The van der Waals surface area contributed by atoms with Crippen LogP contribution in [0.2, 0.25) is 0 Å². The van der Waals surface area contributed by atoms with Gasteiger partial charge >= 0.3 is 0 Å². The molecule has 0 spiro atoms. The van der Waals surface area contributed by atoms with Crippen molar-refractivity contribution in [3.63, 3.8) is 0 Å². The number of piperidine rings is 1. The van der Waals surface area contributed by atoms with Gasteiger partial charge in [-0.1, -0.05) is 32.9 Å². The number of rotatable bonds is 8. The number of carbonyl (C=O) groups is 1. The Balaban J connectivity index is 1.23. The van der Waals surface area contributed by atoms with Crippen molar-refractivity contribution >= 4 is 11.6 Å². The molecule has 0 N–H and O–H groups in total. The second-order valence-electron chi connectivity index (χ2n) is 10.8. The summed E-state index contributed by atoms with van der Waals surface area (Å²) in [6.45, 7) is 16.3. The SMILES string of the molecule is Cc1ccc(C(C)C)cc1C(=O)N1CCN(c2ccc(OCCCN3CCCC(C)C3)cc2)CC1. The van der Waals surface area contributed by atoms with E-state index in [4.69, 9.17) is 4.74 Å². The highest BCUT2D eigenvalue weighted by atomic mass is 16.5. The Morgan fingerprint density at radius 2 is 1.77 bits per heavy atom. The Hall–Kier alpha value is -2.53. The fourth-order valence-electron chi connectivity index (χ4n) is 5.29. The van der Waals surface area contributed by atoms with E-state index in [9.17, 15) is 4.79 Å². The molecule has 5 nitrogen and oxygen atoms in total. The number of likely N-dealkylation sites (tertiary alicyclic amines) is 1. The molecule has 190 valence electrons. The summed E-state index contributed by atoms with van der Waals surface area (Å²) in [5.41, 5.74) is 4.33. The van der Waals surface area contributed by atoms with Gasteiger partial charge in [0, 0.05) is 50.5 Å². The smallest absolute Gasteiger partial charge is 0.254 e. The van der Waals surface area contributed by atoms with Gasteiger partial charge < -0.3 is 19.4 Å².